The third-order valence-corrected chi connectivity index (χ3v) is 1.03. The Morgan fingerprint density at radius 2 is 2.18 bits per heavy atom. The molecule has 62 valence electrons. The minimum atomic E-state index is -0.484. The van der Waals surface area contributed by atoms with Crippen molar-refractivity contribution in [1.82, 2.24) is 0 Å². The van der Waals surface area contributed by atoms with Crippen LogP contribution in [0.15, 0.2) is 0 Å². The van der Waals surface area contributed by atoms with E-state index in [0.717, 1.165) is 6.42 Å². The molecule has 0 amide bonds. The molecule has 0 N–H and O–H groups in total. The van der Waals surface area contributed by atoms with Crippen LogP contribution >= 0.6 is 0 Å². The summed E-state index contributed by atoms with van der Waals surface area (Å²) in [4.78, 5) is 10.4. The van der Waals surface area contributed by atoms with Gasteiger partial charge in [0, 0.05) is 26.1 Å². The summed E-state index contributed by atoms with van der Waals surface area (Å²) < 4.78 is 9.10. The van der Waals surface area contributed by atoms with E-state index >= 15 is 0 Å². The van der Waals surface area contributed by atoms with E-state index in [4.69, 9.17) is 4.74 Å². The van der Waals surface area contributed by atoms with Crippen LogP contribution in [0.25, 0.3) is 0 Å². The van der Waals surface area contributed by atoms with Gasteiger partial charge in [0.1, 0.15) is 0 Å². The Balaban J connectivity index is 3.32. The highest BCUT2D eigenvalue weighted by Crippen LogP contribution is 1.85. The number of esters is 1. The second kappa shape index (κ2) is 7.10. The fourth-order valence-corrected chi connectivity index (χ4v) is 0.491. The summed E-state index contributed by atoms with van der Waals surface area (Å²) >= 11 is 0. The molecule has 0 aliphatic heterocycles. The summed E-state index contributed by atoms with van der Waals surface area (Å²) in [5.74, 6) is 4.51. The van der Waals surface area contributed by atoms with Crippen molar-refractivity contribution in [1.29, 1.82) is 0 Å². The van der Waals surface area contributed by atoms with E-state index in [1.807, 2.05) is 0 Å². The summed E-state index contributed by atoms with van der Waals surface area (Å²) in [6, 6.07) is 0. The van der Waals surface area contributed by atoms with E-state index in [-0.39, 0.29) is 0 Å². The molecule has 0 spiro atoms. The zero-order valence-electron chi connectivity index (χ0n) is 6.85. The average molecular weight is 156 g/mol. The number of ether oxygens (including phenoxy) is 2. The number of hydrogen-bond acceptors (Lipinski definition) is 3. The summed E-state index contributed by atoms with van der Waals surface area (Å²) in [7, 11) is 2.94. The number of methoxy groups -OCH3 is 2. The van der Waals surface area contributed by atoms with Crippen LogP contribution in [0.1, 0.15) is 12.8 Å². The van der Waals surface area contributed by atoms with Gasteiger partial charge >= 0.3 is 5.97 Å². The van der Waals surface area contributed by atoms with Crippen LogP contribution < -0.4 is 0 Å². The zero-order chi connectivity index (χ0) is 8.53. The van der Waals surface area contributed by atoms with Crippen molar-refractivity contribution in [2.75, 3.05) is 20.8 Å². The van der Waals surface area contributed by atoms with Crippen LogP contribution in [0.4, 0.5) is 0 Å². The first-order chi connectivity index (χ1) is 5.31. The van der Waals surface area contributed by atoms with E-state index in [1.54, 1.807) is 7.11 Å². The monoisotopic (exact) mass is 156 g/mol. The van der Waals surface area contributed by atoms with E-state index in [1.165, 1.54) is 7.11 Å². The molecule has 3 nitrogen and oxygen atoms in total. The van der Waals surface area contributed by atoms with Gasteiger partial charge in [0.05, 0.1) is 7.11 Å². The van der Waals surface area contributed by atoms with Crippen molar-refractivity contribution < 1.29 is 14.3 Å². The Hall–Kier alpha value is -1.01. The van der Waals surface area contributed by atoms with Crippen molar-refractivity contribution in [2.24, 2.45) is 0 Å². The van der Waals surface area contributed by atoms with Gasteiger partial charge in [0.2, 0.25) is 0 Å². The first-order valence-corrected chi connectivity index (χ1v) is 3.37. The Bertz CT molecular complexity index is 164. The van der Waals surface area contributed by atoms with Gasteiger partial charge in [-0.2, -0.15) is 0 Å². The molecule has 0 aromatic rings. The Labute approximate surface area is 66.7 Å². The maximum absolute atomic E-state index is 10.4. The third kappa shape index (κ3) is 6.88. The average Bonchev–Trinajstić information content (AvgIpc) is 2.04. The lowest BCUT2D eigenvalue weighted by Gasteiger charge is -1.90. The summed E-state index contributed by atoms with van der Waals surface area (Å²) in [5.41, 5.74) is 0. The standard InChI is InChI=1S/C8H12O3/c1-10-7-5-3-4-6-8(9)11-2/h3,5,7H2,1-2H3. The Morgan fingerprint density at radius 3 is 2.73 bits per heavy atom. The molecule has 0 saturated carbocycles. The second-order valence-electron chi connectivity index (χ2n) is 1.89. The fourth-order valence-electron chi connectivity index (χ4n) is 0.491. The fraction of sp³-hybridized carbons (Fsp3) is 0.625. The smallest absolute Gasteiger partial charge is 0.384 e. The molecule has 0 saturated heterocycles. The predicted molar refractivity (Wildman–Crippen MR) is 40.9 cm³/mol. The molecule has 11 heavy (non-hydrogen) atoms. The van der Waals surface area contributed by atoms with Gasteiger partial charge in [-0.05, 0) is 6.42 Å². The van der Waals surface area contributed by atoms with E-state index in [2.05, 4.69) is 16.6 Å². The molecular formula is C8H12O3. The van der Waals surface area contributed by atoms with E-state index in [9.17, 15) is 4.79 Å². The van der Waals surface area contributed by atoms with Crippen LogP contribution in [-0.4, -0.2) is 26.8 Å². The predicted octanol–water partition coefficient (Wildman–Crippen LogP) is 0.589. The summed E-state index contributed by atoms with van der Waals surface area (Å²) in [5, 5.41) is 0. The minimum absolute atomic E-state index is 0.484. The van der Waals surface area contributed by atoms with Gasteiger partial charge in [0.25, 0.3) is 0 Å². The van der Waals surface area contributed by atoms with E-state index in [0.29, 0.717) is 13.0 Å². The number of carbonyl (C=O) groups excluding carboxylic acids is 1. The van der Waals surface area contributed by atoms with Gasteiger partial charge in [-0.3, -0.25) is 0 Å². The molecule has 0 aromatic carbocycles. The van der Waals surface area contributed by atoms with Crippen molar-refractivity contribution in [2.45, 2.75) is 12.8 Å². The molecule has 0 radical (unpaired) electrons. The number of rotatable bonds is 3. The molecule has 0 bridgehead atoms. The lowest BCUT2D eigenvalue weighted by molar-refractivity contribution is -0.133. The Kier molecular flexibility index (Phi) is 6.45. The number of unbranched alkanes of at least 4 members (excludes halogenated alkanes) is 1. The second-order valence-corrected chi connectivity index (χ2v) is 1.89. The van der Waals surface area contributed by atoms with Gasteiger partial charge in [-0.25, -0.2) is 4.79 Å². The first kappa shape index (κ1) is 9.99. The molecule has 0 aromatic heterocycles. The van der Waals surface area contributed by atoms with Crippen molar-refractivity contribution in [3.63, 3.8) is 0 Å². The highest BCUT2D eigenvalue weighted by molar-refractivity contribution is 5.88. The maximum Gasteiger partial charge on any atom is 0.384 e. The summed E-state index contributed by atoms with van der Waals surface area (Å²) in [6.07, 6.45) is 1.52. The topological polar surface area (TPSA) is 35.5 Å². The van der Waals surface area contributed by atoms with Crippen molar-refractivity contribution in [3.8, 4) is 11.8 Å². The normalized spacial score (nSPS) is 8.18. The largest absolute Gasteiger partial charge is 0.459 e. The quantitative estimate of drug-likeness (QED) is 0.259. The molecule has 0 atom stereocenters. The Morgan fingerprint density at radius 1 is 1.45 bits per heavy atom. The lowest BCUT2D eigenvalue weighted by Crippen LogP contribution is -1.94. The molecule has 0 unspecified atom stereocenters. The van der Waals surface area contributed by atoms with Crippen LogP contribution in [0, 0.1) is 11.8 Å². The molecule has 0 aliphatic rings. The molecular weight excluding hydrogens is 144 g/mol. The van der Waals surface area contributed by atoms with Crippen molar-refractivity contribution >= 4 is 5.97 Å². The molecule has 0 rings (SSSR count). The number of carbonyl (C=O) groups is 1. The zero-order valence-corrected chi connectivity index (χ0v) is 6.85. The van der Waals surface area contributed by atoms with Crippen LogP contribution in [0.5, 0.6) is 0 Å². The molecule has 0 heterocycles. The van der Waals surface area contributed by atoms with Gasteiger partial charge in [-0.1, -0.05) is 5.92 Å². The van der Waals surface area contributed by atoms with Crippen LogP contribution in [-0.2, 0) is 14.3 Å². The summed E-state index contributed by atoms with van der Waals surface area (Å²) in [6.45, 7) is 0.676. The number of hydrogen-bond donors (Lipinski definition) is 0. The molecule has 0 aliphatic carbocycles. The van der Waals surface area contributed by atoms with Crippen LogP contribution in [0.2, 0.25) is 0 Å². The van der Waals surface area contributed by atoms with Gasteiger partial charge in [0.15, 0.2) is 0 Å². The minimum Gasteiger partial charge on any atom is -0.459 e. The highest BCUT2D eigenvalue weighted by atomic mass is 16.5. The van der Waals surface area contributed by atoms with Crippen LogP contribution in [0.3, 0.4) is 0 Å². The van der Waals surface area contributed by atoms with Gasteiger partial charge in [-0.15, -0.1) is 0 Å². The van der Waals surface area contributed by atoms with Crippen molar-refractivity contribution in [3.05, 3.63) is 0 Å². The van der Waals surface area contributed by atoms with E-state index < -0.39 is 5.97 Å². The first-order valence-electron chi connectivity index (χ1n) is 3.37. The third-order valence-electron chi connectivity index (χ3n) is 1.03. The SMILES string of the molecule is COCCCC#CC(=O)OC. The molecule has 3 heteroatoms. The lowest BCUT2D eigenvalue weighted by atomic mass is 10.3. The maximum atomic E-state index is 10.4. The molecule has 0 fully saturated rings. The highest BCUT2D eigenvalue weighted by Gasteiger charge is 1.87. The van der Waals surface area contributed by atoms with Gasteiger partial charge < -0.3 is 9.47 Å².